The van der Waals surface area contributed by atoms with Crippen LogP contribution in [-0.2, 0) is 0 Å². The van der Waals surface area contributed by atoms with Crippen molar-refractivity contribution in [3.05, 3.63) is 35.9 Å². The number of rotatable bonds is 2. The van der Waals surface area contributed by atoms with Crippen molar-refractivity contribution in [2.45, 2.75) is 12.2 Å². The van der Waals surface area contributed by atoms with Crippen molar-refractivity contribution in [1.29, 1.82) is 0 Å². The Morgan fingerprint density at radius 2 is 1.91 bits per heavy atom. The Hall–Kier alpha value is -0.760. The van der Waals surface area contributed by atoms with Crippen LogP contribution in [0.1, 0.15) is 17.3 Å². The molecule has 2 heteroatoms. The largest absolute Gasteiger partial charge is 0.293 e. The Morgan fingerprint density at radius 3 is 2.36 bits per heavy atom. The Labute approximate surface area is 71.8 Å². The Morgan fingerprint density at radius 1 is 1.36 bits per heavy atom. The van der Waals surface area contributed by atoms with Gasteiger partial charge < -0.3 is 0 Å². The van der Waals surface area contributed by atoms with Gasteiger partial charge in [-0.3, -0.25) is 4.79 Å². The summed E-state index contributed by atoms with van der Waals surface area (Å²) in [5, 5.41) is -0.211. The molecular weight excluding hydrogens is 156 g/mol. The van der Waals surface area contributed by atoms with E-state index in [0.717, 1.165) is 5.56 Å². The highest BCUT2D eigenvalue weighted by molar-refractivity contribution is 7.81. The second kappa shape index (κ2) is 3.58. The third kappa shape index (κ3) is 2.09. The summed E-state index contributed by atoms with van der Waals surface area (Å²) in [5.74, 6) is 0.0777. The van der Waals surface area contributed by atoms with Gasteiger partial charge in [-0.2, -0.15) is 12.6 Å². The first kappa shape index (κ1) is 8.34. The molecule has 0 amide bonds. The van der Waals surface area contributed by atoms with E-state index in [0.29, 0.717) is 0 Å². The predicted molar refractivity (Wildman–Crippen MR) is 49.2 cm³/mol. The van der Waals surface area contributed by atoms with E-state index in [-0.39, 0.29) is 11.0 Å². The highest BCUT2D eigenvalue weighted by Crippen LogP contribution is 2.06. The van der Waals surface area contributed by atoms with Gasteiger partial charge in [-0.05, 0) is 6.92 Å². The average Bonchev–Trinajstić information content (AvgIpc) is 2.05. The molecule has 1 nitrogen and oxygen atoms in total. The number of hydrogen-bond donors (Lipinski definition) is 1. The second-order valence-electron chi connectivity index (χ2n) is 2.41. The number of carbonyl (C=O) groups is 1. The van der Waals surface area contributed by atoms with Gasteiger partial charge in [0.15, 0.2) is 5.78 Å². The minimum absolute atomic E-state index is 0.0777. The van der Waals surface area contributed by atoms with Gasteiger partial charge >= 0.3 is 0 Å². The van der Waals surface area contributed by atoms with Crippen molar-refractivity contribution >= 4 is 18.4 Å². The van der Waals surface area contributed by atoms with Gasteiger partial charge in [-0.1, -0.05) is 30.3 Å². The summed E-state index contributed by atoms with van der Waals surface area (Å²) in [5.41, 5.74) is 0.731. The van der Waals surface area contributed by atoms with Gasteiger partial charge in [0.25, 0.3) is 0 Å². The minimum atomic E-state index is -0.211. The first-order valence-electron chi connectivity index (χ1n) is 3.49. The molecule has 0 aliphatic rings. The fourth-order valence-corrected chi connectivity index (χ4v) is 0.993. The van der Waals surface area contributed by atoms with E-state index in [1.807, 2.05) is 18.2 Å². The molecule has 1 aromatic carbocycles. The molecular formula is C9H10OS. The molecule has 0 N–H and O–H groups in total. The van der Waals surface area contributed by atoms with Crippen LogP contribution in [-0.4, -0.2) is 11.0 Å². The zero-order valence-corrected chi connectivity index (χ0v) is 7.21. The molecule has 1 atom stereocenters. The number of benzene rings is 1. The molecule has 1 unspecified atom stereocenters. The number of carbonyl (C=O) groups excluding carboxylic acids is 1. The van der Waals surface area contributed by atoms with E-state index in [1.54, 1.807) is 19.1 Å². The van der Waals surface area contributed by atoms with Gasteiger partial charge in [-0.15, -0.1) is 0 Å². The lowest BCUT2D eigenvalue weighted by molar-refractivity contribution is 0.0994. The molecule has 0 aromatic heterocycles. The van der Waals surface area contributed by atoms with Gasteiger partial charge in [-0.25, -0.2) is 0 Å². The summed E-state index contributed by atoms with van der Waals surface area (Å²) in [6.45, 7) is 1.78. The van der Waals surface area contributed by atoms with Crippen LogP contribution < -0.4 is 0 Å². The van der Waals surface area contributed by atoms with E-state index in [4.69, 9.17) is 0 Å². The quantitative estimate of drug-likeness (QED) is 0.526. The topological polar surface area (TPSA) is 17.1 Å². The third-order valence-electron chi connectivity index (χ3n) is 1.44. The highest BCUT2D eigenvalue weighted by atomic mass is 32.1. The third-order valence-corrected chi connectivity index (χ3v) is 1.67. The fourth-order valence-electron chi connectivity index (χ4n) is 0.844. The lowest BCUT2D eigenvalue weighted by Crippen LogP contribution is -2.09. The molecule has 11 heavy (non-hydrogen) atoms. The van der Waals surface area contributed by atoms with Crippen LogP contribution in [0.3, 0.4) is 0 Å². The Balaban J connectivity index is 2.86. The van der Waals surface area contributed by atoms with Crippen molar-refractivity contribution in [1.82, 2.24) is 0 Å². The molecule has 0 saturated carbocycles. The smallest absolute Gasteiger partial charge is 0.175 e. The summed E-state index contributed by atoms with van der Waals surface area (Å²) in [4.78, 5) is 11.3. The molecule has 58 valence electrons. The van der Waals surface area contributed by atoms with E-state index < -0.39 is 0 Å². The van der Waals surface area contributed by atoms with Crippen molar-refractivity contribution in [2.24, 2.45) is 0 Å². The number of ketones is 1. The summed E-state index contributed by atoms with van der Waals surface area (Å²) in [6, 6.07) is 9.19. The Bertz CT molecular complexity index is 241. The molecule has 0 radical (unpaired) electrons. The molecule has 0 saturated heterocycles. The molecule has 0 aliphatic heterocycles. The lowest BCUT2D eigenvalue weighted by Gasteiger charge is -2.01. The van der Waals surface area contributed by atoms with Crippen LogP contribution in [0.15, 0.2) is 30.3 Å². The van der Waals surface area contributed by atoms with Crippen LogP contribution >= 0.6 is 12.6 Å². The summed E-state index contributed by atoms with van der Waals surface area (Å²) >= 11 is 4.05. The van der Waals surface area contributed by atoms with Gasteiger partial charge in [0.1, 0.15) is 0 Å². The molecule has 0 bridgehead atoms. The molecule has 0 heterocycles. The van der Waals surface area contributed by atoms with Crippen molar-refractivity contribution in [3.63, 3.8) is 0 Å². The number of hydrogen-bond acceptors (Lipinski definition) is 2. The standard InChI is InChI=1S/C9H10OS/c1-7(11)9(10)8-5-3-2-4-6-8/h2-7,11H,1H3. The molecule has 1 aromatic rings. The maximum absolute atomic E-state index is 11.3. The molecule has 0 aliphatic carbocycles. The monoisotopic (exact) mass is 166 g/mol. The zero-order chi connectivity index (χ0) is 8.27. The van der Waals surface area contributed by atoms with Gasteiger partial charge in [0.2, 0.25) is 0 Å². The maximum Gasteiger partial charge on any atom is 0.175 e. The van der Waals surface area contributed by atoms with Crippen molar-refractivity contribution < 1.29 is 4.79 Å². The van der Waals surface area contributed by atoms with Crippen LogP contribution in [0.5, 0.6) is 0 Å². The van der Waals surface area contributed by atoms with E-state index in [9.17, 15) is 4.79 Å². The van der Waals surface area contributed by atoms with Gasteiger partial charge in [0, 0.05) is 5.56 Å². The highest BCUT2D eigenvalue weighted by Gasteiger charge is 2.08. The average molecular weight is 166 g/mol. The normalized spacial score (nSPS) is 12.5. The van der Waals surface area contributed by atoms with Crippen LogP contribution in [0.2, 0.25) is 0 Å². The van der Waals surface area contributed by atoms with Crippen LogP contribution in [0.4, 0.5) is 0 Å². The van der Waals surface area contributed by atoms with Crippen LogP contribution in [0.25, 0.3) is 0 Å². The SMILES string of the molecule is CC(S)C(=O)c1ccccc1. The zero-order valence-electron chi connectivity index (χ0n) is 6.32. The molecule has 1 rings (SSSR count). The first-order valence-corrected chi connectivity index (χ1v) is 4.01. The second-order valence-corrected chi connectivity index (χ2v) is 3.18. The molecule has 0 spiro atoms. The summed E-state index contributed by atoms with van der Waals surface area (Å²) in [6.07, 6.45) is 0. The minimum Gasteiger partial charge on any atom is -0.293 e. The summed E-state index contributed by atoms with van der Waals surface area (Å²) < 4.78 is 0. The number of Topliss-reactive ketones (excluding diaryl/α,β-unsaturated/α-hetero) is 1. The van der Waals surface area contributed by atoms with Crippen molar-refractivity contribution in [2.75, 3.05) is 0 Å². The van der Waals surface area contributed by atoms with E-state index >= 15 is 0 Å². The van der Waals surface area contributed by atoms with Gasteiger partial charge in [0.05, 0.1) is 5.25 Å². The summed E-state index contributed by atoms with van der Waals surface area (Å²) in [7, 11) is 0. The molecule has 0 fully saturated rings. The van der Waals surface area contributed by atoms with Crippen molar-refractivity contribution in [3.8, 4) is 0 Å². The Kier molecular flexibility index (Phi) is 2.71. The number of thiol groups is 1. The van der Waals surface area contributed by atoms with E-state index in [2.05, 4.69) is 12.6 Å². The predicted octanol–water partition coefficient (Wildman–Crippen LogP) is 2.19. The fraction of sp³-hybridized carbons (Fsp3) is 0.222. The first-order chi connectivity index (χ1) is 5.22. The lowest BCUT2D eigenvalue weighted by atomic mass is 10.1. The van der Waals surface area contributed by atoms with E-state index in [1.165, 1.54) is 0 Å². The van der Waals surface area contributed by atoms with Crippen LogP contribution in [0, 0.1) is 0 Å². The maximum atomic E-state index is 11.3.